The first-order chi connectivity index (χ1) is 7.68. The van der Waals surface area contributed by atoms with Crippen molar-refractivity contribution in [1.82, 2.24) is 9.88 Å². The maximum absolute atomic E-state index is 12.1. The molecule has 0 aromatic carbocycles. The van der Waals surface area contributed by atoms with Crippen LogP contribution >= 0.6 is 11.6 Å². The Hall–Kier alpha value is -1.09. The number of aromatic nitrogens is 1. The summed E-state index contributed by atoms with van der Waals surface area (Å²) in [5.41, 5.74) is 0.513. The van der Waals surface area contributed by atoms with Crippen LogP contribution in [0.5, 0.6) is 0 Å². The first kappa shape index (κ1) is 11.4. The SMILES string of the molecule is CC1CCN(C(=O)c2cccnc2Cl)CC1. The van der Waals surface area contributed by atoms with E-state index in [9.17, 15) is 4.79 Å². The number of pyridine rings is 1. The number of hydrogen-bond acceptors (Lipinski definition) is 2. The molecule has 2 rings (SSSR count). The summed E-state index contributed by atoms with van der Waals surface area (Å²) < 4.78 is 0. The van der Waals surface area contributed by atoms with Gasteiger partial charge in [0.15, 0.2) is 0 Å². The van der Waals surface area contributed by atoms with E-state index in [-0.39, 0.29) is 5.91 Å². The molecule has 3 nitrogen and oxygen atoms in total. The predicted octanol–water partition coefficient (Wildman–Crippen LogP) is 2.61. The third-order valence-corrected chi connectivity index (χ3v) is 3.36. The lowest BCUT2D eigenvalue weighted by Gasteiger charge is -2.30. The summed E-state index contributed by atoms with van der Waals surface area (Å²) in [6.45, 7) is 3.87. The van der Waals surface area contributed by atoms with Gasteiger partial charge in [-0.1, -0.05) is 18.5 Å². The molecular weight excluding hydrogens is 224 g/mol. The van der Waals surface area contributed by atoms with Gasteiger partial charge in [-0.3, -0.25) is 4.79 Å². The van der Waals surface area contributed by atoms with Crippen LogP contribution in [0, 0.1) is 5.92 Å². The van der Waals surface area contributed by atoms with E-state index >= 15 is 0 Å². The van der Waals surface area contributed by atoms with Gasteiger partial charge in [-0.15, -0.1) is 0 Å². The maximum Gasteiger partial charge on any atom is 0.256 e. The maximum atomic E-state index is 12.1. The second kappa shape index (κ2) is 4.83. The molecule has 4 heteroatoms. The highest BCUT2D eigenvalue weighted by Gasteiger charge is 2.22. The first-order valence-corrected chi connectivity index (χ1v) is 5.96. The second-order valence-electron chi connectivity index (χ2n) is 4.32. The molecule has 0 aliphatic carbocycles. The minimum atomic E-state index is 0.00463. The summed E-state index contributed by atoms with van der Waals surface area (Å²) >= 11 is 5.91. The molecule has 0 saturated carbocycles. The van der Waals surface area contributed by atoms with Crippen molar-refractivity contribution in [3.8, 4) is 0 Å². The lowest BCUT2D eigenvalue weighted by atomic mass is 9.99. The molecule has 2 heterocycles. The summed E-state index contributed by atoms with van der Waals surface area (Å²) in [5.74, 6) is 0.721. The monoisotopic (exact) mass is 238 g/mol. The van der Waals surface area contributed by atoms with Crippen LogP contribution in [-0.4, -0.2) is 28.9 Å². The number of carbonyl (C=O) groups excluding carboxylic acids is 1. The quantitative estimate of drug-likeness (QED) is 0.705. The van der Waals surface area contributed by atoms with E-state index in [1.165, 1.54) is 0 Å². The van der Waals surface area contributed by atoms with Crippen molar-refractivity contribution in [3.63, 3.8) is 0 Å². The van der Waals surface area contributed by atoms with Crippen LogP contribution in [0.25, 0.3) is 0 Å². The van der Waals surface area contributed by atoms with Gasteiger partial charge in [-0.05, 0) is 30.9 Å². The molecule has 86 valence electrons. The Kier molecular flexibility index (Phi) is 3.44. The fourth-order valence-corrected chi connectivity index (χ4v) is 2.13. The van der Waals surface area contributed by atoms with Gasteiger partial charge in [0.25, 0.3) is 5.91 Å². The standard InChI is InChI=1S/C12H15ClN2O/c1-9-4-7-15(8-5-9)12(16)10-3-2-6-14-11(10)13/h2-3,6,9H,4-5,7-8H2,1H3. The molecule has 1 fully saturated rings. The van der Waals surface area contributed by atoms with Crippen molar-refractivity contribution >= 4 is 17.5 Å². The third-order valence-electron chi connectivity index (χ3n) is 3.06. The van der Waals surface area contributed by atoms with Crippen LogP contribution in [-0.2, 0) is 0 Å². The lowest BCUT2D eigenvalue weighted by molar-refractivity contribution is 0.0697. The Morgan fingerprint density at radius 1 is 1.50 bits per heavy atom. The normalized spacial score (nSPS) is 17.5. The molecule has 0 bridgehead atoms. The molecule has 0 N–H and O–H groups in total. The number of rotatable bonds is 1. The fourth-order valence-electron chi connectivity index (χ4n) is 1.93. The number of nitrogens with zero attached hydrogens (tertiary/aromatic N) is 2. The summed E-state index contributed by atoms with van der Waals surface area (Å²) in [6.07, 6.45) is 3.74. The van der Waals surface area contributed by atoms with Gasteiger partial charge < -0.3 is 4.90 Å². The van der Waals surface area contributed by atoms with Crippen LogP contribution in [0.2, 0.25) is 5.15 Å². The van der Waals surface area contributed by atoms with E-state index in [4.69, 9.17) is 11.6 Å². The van der Waals surface area contributed by atoms with Gasteiger partial charge in [0.05, 0.1) is 5.56 Å². The predicted molar refractivity (Wildman–Crippen MR) is 63.5 cm³/mol. The topological polar surface area (TPSA) is 33.2 Å². The van der Waals surface area contributed by atoms with Gasteiger partial charge in [0, 0.05) is 19.3 Å². The average Bonchev–Trinajstić information content (AvgIpc) is 2.30. The van der Waals surface area contributed by atoms with Crippen LogP contribution in [0.3, 0.4) is 0 Å². The summed E-state index contributed by atoms with van der Waals surface area (Å²) in [6, 6.07) is 3.47. The van der Waals surface area contributed by atoms with E-state index in [1.807, 2.05) is 4.90 Å². The molecule has 0 radical (unpaired) electrons. The van der Waals surface area contributed by atoms with Crippen LogP contribution in [0.15, 0.2) is 18.3 Å². The highest BCUT2D eigenvalue weighted by Crippen LogP contribution is 2.20. The highest BCUT2D eigenvalue weighted by molar-refractivity contribution is 6.32. The Labute approximate surface area is 100 Å². The van der Waals surface area contributed by atoms with Gasteiger partial charge in [-0.25, -0.2) is 4.98 Å². The van der Waals surface area contributed by atoms with E-state index < -0.39 is 0 Å². The van der Waals surface area contributed by atoms with Gasteiger partial charge >= 0.3 is 0 Å². The lowest BCUT2D eigenvalue weighted by Crippen LogP contribution is -2.38. The minimum absolute atomic E-state index is 0.00463. The molecule has 1 aliphatic rings. The minimum Gasteiger partial charge on any atom is -0.339 e. The first-order valence-electron chi connectivity index (χ1n) is 5.58. The number of hydrogen-bond donors (Lipinski definition) is 0. The van der Waals surface area contributed by atoms with Gasteiger partial charge in [0.1, 0.15) is 5.15 Å². The van der Waals surface area contributed by atoms with Gasteiger partial charge in [0.2, 0.25) is 0 Å². The van der Waals surface area contributed by atoms with Crippen molar-refractivity contribution in [2.75, 3.05) is 13.1 Å². The molecule has 1 saturated heterocycles. The van der Waals surface area contributed by atoms with Crippen molar-refractivity contribution in [1.29, 1.82) is 0 Å². The molecule has 0 spiro atoms. The Bertz CT molecular complexity index is 386. The van der Waals surface area contributed by atoms with E-state index in [1.54, 1.807) is 18.3 Å². The number of amides is 1. The molecule has 0 unspecified atom stereocenters. The molecule has 1 amide bonds. The molecule has 0 atom stereocenters. The van der Waals surface area contributed by atoms with Crippen molar-refractivity contribution in [3.05, 3.63) is 29.0 Å². The fraction of sp³-hybridized carbons (Fsp3) is 0.500. The third kappa shape index (κ3) is 2.35. The molecule has 1 aliphatic heterocycles. The largest absolute Gasteiger partial charge is 0.339 e. The van der Waals surface area contributed by atoms with E-state index in [0.29, 0.717) is 16.6 Å². The van der Waals surface area contributed by atoms with E-state index in [2.05, 4.69) is 11.9 Å². The molecule has 1 aromatic rings. The van der Waals surface area contributed by atoms with Crippen LogP contribution < -0.4 is 0 Å². The van der Waals surface area contributed by atoms with Crippen LogP contribution in [0.4, 0.5) is 0 Å². The van der Waals surface area contributed by atoms with Crippen LogP contribution in [0.1, 0.15) is 30.1 Å². The smallest absolute Gasteiger partial charge is 0.256 e. The number of likely N-dealkylation sites (tertiary alicyclic amines) is 1. The van der Waals surface area contributed by atoms with Crippen molar-refractivity contribution in [2.45, 2.75) is 19.8 Å². The number of carbonyl (C=O) groups is 1. The van der Waals surface area contributed by atoms with E-state index in [0.717, 1.165) is 25.9 Å². The number of piperidine rings is 1. The molecule has 16 heavy (non-hydrogen) atoms. The van der Waals surface area contributed by atoms with Gasteiger partial charge in [-0.2, -0.15) is 0 Å². The second-order valence-corrected chi connectivity index (χ2v) is 4.67. The zero-order valence-corrected chi connectivity index (χ0v) is 10.1. The van der Waals surface area contributed by atoms with Crippen molar-refractivity contribution < 1.29 is 4.79 Å². The Balaban J connectivity index is 2.11. The summed E-state index contributed by atoms with van der Waals surface area (Å²) in [7, 11) is 0. The van der Waals surface area contributed by atoms with Crippen molar-refractivity contribution in [2.24, 2.45) is 5.92 Å². The summed E-state index contributed by atoms with van der Waals surface area (Å²) in [4.78, 5) is 17.9. The summed E-state index contributed by atoms with van der Waals surface area (Å²) in [5, 5.41) is 0.297. The molecular formula is C12H15ClN2O. The Morgan fingerprint density at radius 2 is 2.19 bits per heavy atom. The number of halogens is 1. The average molecular weight is 239 g/mol. The Morgan fingerprint density at radius 3 is 2.81 bits per heavy atom. The zero-order valence-electron chi connectivity index (χ0n) is 9.32. The highest BCUT2D eigenvalue weighted by atomic mass is 35.5. The zero-order chi connectivity index (χ0) is 11.5. The molecule has 1 aromatic heterocycles.